The van der Waals surface area contributed by atoms with Gasteiger partial charge in [-0.3, -0.25) is 9.36 Å². The number of hydrogen-bond acceptors (Lipinski definition) is 7. The molecule has 1 amide bonds. The van der Waals surface area contributed by atoms with Crippen molar-refractivity contribution in [3.8, 4) is 5.95 Å². The van der Waals surface area contributed by atoms with Gasteiger partial charge in [0.15, 0.2) is 5.82 Å². The molecule has 3 aromatic rings. The van der Waals surface area contributed by atoms with E-state index in [2.05, 4.69) is 21.7 Å². The second-order valence-electron chi connectivity index (χ2n) is 8.98. The third kappa shape index (κ3) is 4.40. The number of nitrogens with zero attached hydrogens (tertiary/aromatic N) is 7. The maximum atomic E-state index is 14.1. The number of piperazine rings is 1. The third-order valence-corrected chi connectivity index (χ3v) is 6.90. The second kappa shape index (κ2) is 9.37. The molecule has 186 valence electrons. The molecule has 2 fully saturated rings. The summed E-state index contributed by atoms with van der Waals surface area (Å²) in [5, 5.41) is 0. The van der Waals surface area contributed by atoms with Crippen LogP contribution < -0.4 is 9.80 Å². The molecule has 0 aliphatic carbocycles. The SMILES string of the molecule is CC(=O)N1CCN(c2cc(N3CCO[C@@H](C)[C@@H]3C)nc(-n3c(C(F)F)nc4ccccc43)n2)CC1. The van der Waals surface area contributed by atoms with Crippen LogP contribution >= 0.6 is 0 Å². The molecule has 2 aliphatic rings. The van der Waals surface area contributed by atoms with E-state index >= 15 is 0 Å². The normalized spacial score (nSPS) is 21.3. The number of ether oxygens (including phenoxy) is 1. The van der Waals surface area contributed by atoms with Crippen LogP contribution in [0.1, 0.15) is 33.0 Å². The van der Waals surface area contributed by atoms with Gasteiger partial charge in [0.25, 0.3) is 6.43 Å². The van der Waals surface area contributed by atoms with Crippen LogP contribution in [0.4, 0.5) is 20.4 Å². The number of alkyl halides is 2. The number of rotatable bonds is 4. The second-order valence-corrected chi connectivity index (χ2v) is 8.98. The van der Waals surface area contributed by atoms with Gasteiger partial charge in [-0.05, 0) is 26.0 Å². The molecule has 0 N–H and O–H groups in total. The number of morpholine rings is 1. The van der Waals surface area contributed by atoms with Gasteiger partial charge in [-0.1, -0.05) is 12.1 Å². The summed E-state index contributed by atoms with van der Waals surface area (Å²) in [6.07, 6.45) is -2.80. The third-order valence-electron chi connectivity index (χ3n) is 6.90. The predicted octanol–water partition coefficient (Wildman–Crippen LogP) is 3.04. The molecule has 5 rings (SSSR count). The summed E-state index contributed by atoms with van der Waals surface area (Å²) in [5.74, 6) is 1.09. The quantitative estimate of drug-likeness (QED) is 0.562. The van der Waals surface area contributed by atoms with E-state index in [0.29, 0.717) is 62.0 Å². The molecule has 4 heterocycles. The van der Waals surface area contributed by atoms with Crippen LogP contribution in [-0.4, -0.2) is 81.8 Å². The van der Waals surface area contributed by atoms with E-state index in [0.717, 1.165) is 0 Å². The largest absolute Gasteiger partial charge is 0.375 e. The van der Waals surface area contributed by atoms with E-state index in [1.807, 2.05) is 13.0 Å². The topological polar surface area (TPSA) is 79.6 Å². The number of imidazole rings is 1. The zero-order valence-electron chi connectivity index (χ0n) is 20.1. The van der Waals surface area contributed by atoms with Gasteiger partial charge in [0.1, 0.15) is 11.6 Å². The van der Waals surface area contributed by atoms with Gasteiger partial charge in [0.05, 0.1) is 29.8 Å². The molecule has 2 saturated heterocycles. The number of benzene rings is 1. The number of hydrogen-bond donors (Lipinski definition) is 0. The predicted molar refractivity (Wildman–Crippen MR) is 128 cm³/mol. The lowest BCUT2D eigenvalue weighted by Gasteiger charge is -2.39. The van der Waals surface area contributed by atoms with Crippen molar-refractivity contribution < 1.29 is 18.3 Å². The zero-order chi connectivity index (χ0) is 24.7. The van der Waals surface area contributed by atoms with Crippen molar-refractivity contribution in [1.82, 2.24) is 24.4 Å². The summed E-state index contributed by atoms with van der Waals surface area (Å²) >= 11 is 0. The van der Waals surface area contributed by atoms with Gasteiger partial charge in [0.2, 0.25) is 11.9 Å². The lowest BCUT2D eigenvalue weighted by molar-refractivity contribution is -0.129. The van der Waals surface area contributed by atoms with Crippen LogP contribution in [0.15, 0.2) is 30.3 Å². The molecular weight excluding hydrogens is 456 g/mol. The summed E-state index contributed by atoms with van der Waals surface area (Å²) in [4.78, 5) is 31.5. The van der Waals surface area contributed by atoms with Gasteiger partial charge >= 0.3 is 0 Å². The molecule has 11 heteroatoms. The molecule has 2 atom stereocenters. The van der Waals surface area contributed by atoms with Crippen LogP contribution in [0.3, 0.4) is 0 Å². The van der Waals surface area contributed by atoms with Crippen molar-refractivity contribution in [3.05, 3.63) is 36.2 Å². The molecule has 2 aliphatic heterocycles. The molecule has 0 spiro atoms. The first-order valence-corrected chi connectivity index (χ1v) is 11.9. The summed E-state index contributed by atoms with van der Waals surface area (Å²) in [5.41, 5.74) is 0.984. The minimum atomic E-state index is -2.79. The molecule has 1 aromatic carbocycles. The summed E-state index contributed by atoms with van der Waals surface area (Å²) < 4.78 is 35.3. The summed E-state index contributed by atoms with van der Waals surface area (Å²) in [7, 11) is 0. The van der Waals surface area contributed by atoms with Gasteiger partial charge in [-0.25, -0.2) is 13.8 Å². The maximum Gasteiger partial charge on any atom is 0.296 e. The minimum absolute atomic E-state index is 0.00423. The Hall–Kier alpha value is -3.34. The summed E-state index contributed by atoms with van der Waals surface area (Å²) in [6, 6.07) is 8.95. The lowest BCUT2D eigenvalue weighted by atomic mass is 10.1. The van der Waals surface area contributed by atoms with Gasteiger partial charge in [-0.15, -0.1) is 0 Å². The van der Waals surface area contributed by atoms with Gasteiger partial charge < -0.3 is 19.4 Å². The van der Waals surface area contributed by atoms with Crippen molar-refractivity contribution in [2.75, 3.05) is 49.1 Å². The number of carbonyl (C=O) groups is 1. The monoisotopic (exact) mass is 485 g/mol. The Morgan fingerprint density at radius 1 is 1.03 bits per heavy atom. The van der Waals surface area contributed by atoms with E-state index in [-0.39, 0.29) is 29.8 Å². The number of carbonyl (C=O) groups excluding carboxylic acids is 1. The smallest absolute Gasteiger partial charge is 0.296 e. The number of halogens is 2. The van der Waals surface area contributed by atoms with Crippen LogP contribution in [0, 0.1) is 0 Å². The first-order valence-electron chi connectivity index (χ1n) is 11.9. The van der Waals surface area contributed by atoms with Gasteiger partial charge in [0, 0.05) is 45.7 Å². The minimum Gasteiger partial charge on any atom is -0.375 e. The van der Waals surface area contributed by atoms with Crippen LogP contribution in [0.25, 0.3) is 17.0 Å². The average Bonchev–Trinajstić information content (AvgIpc) is 3.26. The highest BCUT2D eigenvalue weighted by Gasteiger charge is 2.30. The molecule has 9 nitrogen and oxygen atoms in total. The number of para-hydroxylation sites is 2. The number of anilines is 2. The van der Waals surface area contributed by atoms with Crippen molar-refractivity contribution in [2.24, 2.45) is 0 Å². The highest BCUT2D eigenvalue weighted by Crippen LogP contribution is 2.30. The Bertz CT molecular complexity index is 1230. The molecule has 2 aromatic heterocycles. The molecule has 0 unspecified atom stereocenters. The molecule has 0 radical (unpaired) electrons. The first-order chi connectivity index (χ1) is 16.8. The van der Waals surface area contributed by atoms with E-state index in [4.69, 9.17) is 14.7 Å². The fourth-order valence-electron chi connectivity index (χ4n) is 4.73. The zero-order valence-corrected chi connectivity index (χ0v) is 20.1. The van der Waals surface area contributed by atoms with Crippen molar-refractivity contribution >= 4 is 28.6 Å². The first kappa shape index (κ1) is 23.4. The maximum absolute atomic E-state index is 14.1. The Morgan fingerprint density at radius 3 is 2.46 bits per heavy atom. The van der Waals surface area contributed by atoms with Crippen LogP contribution in [0.2, 0.25) is 0 Å². The van der Waals surface area contributed by atoms with E-state index in [1.54, 1.807) is 36.1 Å². The Kier molecular flexibility index (Phi) is 6.26. The fourth-order valence-corrected chi connectivity index (χ4v) is 4.73. The number of amides is 1. The van der Waals surface area contributed by atoms with Crippen LogP contribution in [0.5, 0.6) is 0 Å². The number of fused-ring (bicyclic) bond motifs is 1. The Labute approximate surface area is 202 Å². The van der Waals surface area contributed by atoms with E-state index in [1.165, 1.54) is 4.57 Å². The Balaban J connectivity index is 1.63. The van der Waals surface area contributed by atoms with Crippen molar-refractivity contribution in [1.29, 1.82) is 0 Å². The van der Waals surface area contributed by atoms with Crippen molar-refractivity contribution in [2.45, 2.75) is 39.3 Å². The fraction of sp³-hybridized carbons (Fsp3) is 0.500. The van der Waals surface area contributed by atoms with E-state index < -0.39 is 6.43 Å². The Morgan fingerprint density at radius 2 is 1.74 bits per heavy atom. The molecule has 35 heavy (non-hydrogen) atoms. The molecule has 0 saturated carbocycles. The molecular formula is C24H29F2N7O2. The van der Waals surface area contributed by atoms with Crippen molar-refractivity contribution in [3.63, 3.8) is 0 Å². The van der Waals surface area contributed by atoms with Crippen LogP contribution in [-0.2, 0) is 9.53 Å². The lowest BCUT2D eigenvalue weighted by Crippen LogP contribution is -2.50. The molecule has 0 bridgehead atoms. The van der Waals surface area contributed by atoms with Gasteiger partial charge in [-0.2, -0.15) is 9.97 Å². The highest BCUT2D eigenvalue weighted by molar-refractivity contribution is 5.78. The summed E-state index contributed by atoms with van der Waals surface area (Å²) in [6.45, 7) is 9.16. The average molecular weight is 486 g/mol. The highest BCUT2D eigenvalue weighted by atomic mass is 19.3. The standard InChI is InChI=1S/C24H29F2N7O2/c1-15-16(2)35-13-12-32(15)21-14-20(31-10-8-30(9-11-31)17(3)34)28-24(29-21)33-19-7-5-4-6-18(19)27-23(33)22(25)26/h4-7,14-16,22H,8-13H2,1-3H3/t15-,16-/m0/s1. The number of aromatic nitrogens is 4. The van der Waals surface area contributed by atoms with E-state index in [9.17, 15) is 13.6 Å².